The second-order valence-corrected chi connectivity index (χ2v) is 5.90. The first-order valence-corrected chi connectivity index (χ1v) is 7.04. The van der Waals surface area contributed by atoms with Crippen LogP contribution in [0.1, 0.15) is 16.8 Å². The van der Waals surface area contributed by atoms with Gasteiger partial charge < -0.3 is 5.32 Å². The fourth-order valence-electron chi connectivity index (χ4n) is 0.859. The molecule has 2 nitrogen and oxygen atoms in total. The molecule has 0 radical (unpaired) electrons. The van der Waals surface area contributed by atoms with E-state index in [2.05, 4.69) is 27.9 Å². The van der Waals surface area contributed by atoms with Gasteiger partial charge in [-0.15, -0.1) is 11.3 Å². The number of carbonyl (C=O) groups is 1. The molecule has 1 N–H and O–H groups in total. The Morgan fingerprint density at radius 3 is 2.79 bits per heavy atom. The van der Waals surface area contributed by atoms with E-state index in [9.17, 15) is 4.79 Å². The second-order valence-electron chi connectivity index (χ2n) is 2.54. The van der Waals surface area contributed by atoms with Crippen molar-refractivity contribution in [3.05, 3.63) is 20.3 Å². The number of thiophene rings is 1. The van der Waals surface area contributed by atoms with E-state index < -0.39 is 0 Å². The Balaban J connectivity index is 2.56. The molecule has 0 saturated heterocycles. The van der Waals surface area contributed by atoms with Crippen molar-refractivity contribution in [3.63, 3.8) is 0 Å². The van der Waals surface area contributed by atoms with E-state index in [-0.39, 0.29) is 5.91 Å². The Labute approximate surface area is 110 Å². The van der Waals surface area contributed by atoms with Gasteiger partial charge in [0.1, 0.15) is 4.34 Å². The van der Waals surface area contributed by atoms with Gasteiger partial charge in [-0.1, -0.05) is 45.8 Å². The molecule has 0 bridgehead atoms. The summed E-state index contributed by atoms with van der Waals surface area (Å²) in [5.41, 5.74) is 0.468. The van der Waals surface area contributed by atoms with Crippen molar-refractivity contribution in [2.75, 3.05) is 11.0 Å². The summed E-state index contributed by atoms with van der Waals surface area (Å²) in [6.45, 7) is 0.672. The molecule has 0 unspecified atom stereocenters. The molecule has 1 amide bonds. The lowest BCUT2D eigenvalue weighted by molar-refractivity contribution is 0.0954. The van der Waals surface area contributed by atoms with Crippen LogP contribution >= 0.6 is 57.1 Å². The smallest absolute Gasteiger partial charge is 0.253 e. The minimum absolute atomic E-state index is 0.150. The van der Waals surface area contributed by atoms with Crippen LogP contribution in [0.15, 0.2) is 6.07 Å². The van der Waals surface area contributed by atoms with Gasteiger partial charge in [0, 0.05) is 11.0 Å². The van der Waals surface area contributed by atoms with Gasteiger partial charge in [-0.25, -0.2) is 0 Å². The van der Waals surface area contributed by atoms with Gasteiger partial charge in [0.15, 0.2) is 0 Å². The van der Waals surface area contributed by atoms with Gasteiger partial charge in [-0.2, -0.15) is 0 Å². The van der Waals surface area contributed by atoms with E-state index >= 15 is 0 Å². The van der Waals surface area contributed by atoms with Crippen LogP contribution in [0.25, 0.3) is 0 Å². The Bertz CT molecular complexity index is 329. The van der Waals surface area contributed by atoms with Crippen LogP contribution in [-0.4, -0.2) is 16.9 Å². The number of carbonyl (C=O) groups excluding carboxylic acids is 1. The van der Waals surface area contributed by atoms with Crippen LogP contribution in [0.5, 0.6) is 0 Å². The molecule has 6 heteroatoms. The molecule has 78 valence electrons. The normalized spacial score (nSPS) is 10.2. The van der Waals surface area contributed by atoms with E-state index in [1.165, 1.54) is 11.3 Å². The van der Waals surface area contributed by atoms with Crippen molar-refractivity contribution < 1.29 is 4.79 Å². The Morgan fingerprint density at radius 2 is 2.29 bits per heavy atom. The van der Waals surface area contributed by atoms with Crippen LogP contribution in [-0.2, 0) is 0 Å². The van der Waals surface area contributed by atoms with Crippen LogP contribution in [0, 0.1) is 0 Å². The molecular weight excluding hydrogens is 356 g/mol. The SMILES string of the molecule is O=C(NCCCI)c1cc(Cl)sc1Cl. The van der Waals surface area contributed by atoms with E-state index in [4.69, 9.17) is 23.2 Å². The zero-order chi connectivity index (χ0) is 10.6. The minimum Gasteiger partial charge on any atom is -0.352 e. The fraction of sp³-hybridized carbons (Fsp3) is 0.375. The molecule has 0 aliphatic heterocycles. The highest BCUT2D eigenvalue weighted by Gasteiger charge is 2.13. The van der Waals surface area contributed by atoms with Crippen LogP contribution in [0.4, 0.5) is 0 Å². The molecule has 0 aliphatic carbocycles. The standard InChI is InChI=1S/C8H8Cl2INOS/c9-6-4-5(7(10)14-6)8(13)12-3-1-2-11/h4H,1-3H2,(H,12,13). The molecule has 1 aromatic heterocycles. The molecule has 0 aliphatic rings. The molecule has 1 heterocycles. The Hall–Kier alpha value is 0.480. The first-order chi connectivity index (χ1) is 6.65. The predicted molar refractivity (Wildman–Crippen MR) is 70.2 cm³/mol. The summed E-state index contributed by atoms with van der Waals surface area (Å²) >= 11 is 15.0. The van der Waals surface area contributed by atoms with Crippen LogP contribution < -0.4 is 5.32 Å². The van der Waals surface area contributed by atoms with E-state index in [0.29, 0.717) is 20.8 Å². The van der Waals surface area contributed by atoms with Crippen molar-refractivity contribution in [2.45, 2.75) is 6.42 Å². The zero-order valence-corrected chi connectivity index (χ0v) is 11.6. The second kappa shape index (κ2) is 6.15. The first-order valence-electron chi connectivity index (χ1n) is 3.94. The average molecular weight is 364 g/mol. The molecule has 0 atom stereocenters. The van der Waals surface area contributed by atoms with Crippen molar-refractivity contribution in [1.82, 2.24) is 5.32 Å². The van der Waals surface area contributed by atoms with E-state index in [1.807, 2.05) is 0 Å². The summed E-state index contributed by atoms with van der Waals surface area (Å²) in [5.74, 6) is -0.150. The predicted octanol–water partition coefficient (Wildman–Crippen LogP) is 3.61. The third-order valence-electron chi connectivity index (χ3n) is 1.50. The number of alkyl halides is 1. The summed E-state index contributed by atoms with van der Waals surface area (Å²) in [5, 5.41) is 2.77. The number of nitrogens with one attached hydrogen (secondary N) is 1. The number of halogens is 3. The zero-order valence-electron chi connectivity index (χ0n) is 7.15. The van der Waals surface area contributed by atoms with Gasteiger partial charge in [0.05, 0.1) is 9.90 Å². The third-order valence-corrected chi connectivity index (χ3v) is 3.75. The molecule has 1 rings (SSSR count). The maximum Gasteiger partial charge on any atom is 0.253 e. The molecule has 0 saturated carbocycles. The molecule has 0 spiro atoms. The summed E-state index contributed by atoms with van der Waals surface area (Å²) in [6.07, 6.45) is 0.960. The van der Waals surface area contributed by atoms with Gasteiger partial charge in [0.2, 0.25) is 0 Å². The molecule has 14 heavy (non-hydrogen) atoms. The Kier molecular flexibility index (Phi) is 5.51. The van der Waals surface area contributed by atoms with Crippen LogP contribution in [0.3, 0.4) is 0 Å². The monoisotopic (exact) mass is 363 g/mol. The third kappa shape index (κ3) is 3.56. The summed E-state index contributed by atoms with van der Waals surface area (Å²) in [7, 11) is 0. The fourth-order valence-corrected chi connectivity index (χ4v) is 2.70. The van der Waals surface area contributed by atoms with Gasteiger partial charge in [0.25, 0.3) is 5.91 Å². The van der Waals surface area contributed by atoms with E-state index in [0.717, 1.165) is 10.8 Å². The highest BCUT2D eigenvalue weighted by molar-refractivity contribution is 14.1. The highest BCUT2D eigenvalue weighted by Crippen LogP contribution is 2.30. The summed E-state index contributed by atoms with van der Waals surface area (Å²) in [6, 6.07) is 1.59. The largest absolute Gasteiger partial charge is 0.352 e. The number of amides is 1. The topological polar surface area (TPSA) is 29.1 Å². The van der Waals surface area contributed by atoms with Crippen molar-refractivity contribution in [1.29, 1.82) is 0 Å². The van der Waals surface area contributed by atoms with Crippen LogP contribution in [0.2, 0.25) is 8.67 Å². The van der Waals surface area contributed by atoms with Gasteiger partial charge in [-0.05, 0) is 12.5 Å². The van der Waals surface area contributed by atoms with Crippen molar-refractivity contribution in [2.24, 2.45) is 0 Å². The molecular formula is C8H8Cl2INOS. The van der Waals surface area contributed by atoms with Crippen molar-refractivity contribution in [3.8, 4) is 0 Å². The molecule has 0 aromatic carbocycles. The number of rotatable bonds is 4. The van der Waals surface area contributed by atoms with Crippen molar-refractivity contribution >= 4 is 63.0 Å². The summed E-state index contributed by atoms with van der Waals surface area (Å²) in [4.78, 5) is 11.5. The lowest BCUT2D eigenvalue weighted by Gasteiger charge is -2.01. The molecule has 0 fully saturated rings. The Morgan fingerprint density at radius 1 is 1.57 bits per heavy atom. The van der Waals surface area contributed by atoms with Gasteiger partial charge in [-0.3, -0.25) is 4.79 Å². The summed E-state index contributed by atoms with van der Waals surface area (Å²) < 4.78 is 2.01. The maximum absolute atomic E-state index is 11.5. The van der Waals surface area contributed by atoms with E-state index in [1.54, 1.807) is 6.07 Å². The highest BCUT2D eigenvalue weighted by atomic mass is 127. The number of hydrogen-bond donors (Lipinski definition) is 1. The molecule has 1 aromatic rings. The minimum atomic E-state index is -0.150. The quantitative estimate of drug-likeness (QED) is 0.494. The number of hydrogen-bond acceptors (Lipinski definition) is 2. The lowest BCUT2D eigenvalue weighted by atomic mass is 10.3. The lowest BCUT2D eigenvalue weighted by Crippen LogP contribution is -2.24. The first kappa shape index (κ1) is 12.5. The maximum atomic E-state index is 11.5. The van der Waals surface area contributed by atoms with Gasteiger partial charge >= 0.3 is 0 Å². The average Bonchev–Trinajstić information content (AvgIpc) is 2.45.